The Bertz CT molecular complexity index is 20.5. The van der Waals surface area contributed by atoms with Crippen LogP contribution in [0, 0.1) is 0 Å². The first-order valence-corrected chi connectivity index (χ1v) is 2.91. The Morgan fingerprint density at radius 2 is 1.29 bits per heavy atom. The van der Waals surface area contributed by atoms with Crippen LogP contribution in [0.15, 0.2) is 0 Å². The molecule has 0 saturated heterocycles. The molecule has 0 bridgehead atoms. The zero-order chi connectivity index (χ0) is 4.83. The van der Waals surface area contributed by atoms with E-state index in [0.717, 1.165) is 0 Å². The number of hydrogen-bond donors (Lipinski definition) is 0. The third kappa shape index (κ3) is 10.9. The summed E-state index contributed by atoms with van der Waals surface area (Å²) in [4.78, 5) is 0. The van der Waals surface area contributed by atoms with Gasteiger partial charge in [0.1, 0.15) is 0 Å². The van der Waals surface area contributed by atoms with Crippen LogP contribution in [0.2, 0.25) is 0 Å². The van der Waals surface area contributed by atoms with Gasteiger partial charge in [-0.15, -0.1) is 0 Å². The first kappa shape index (κ1) is 10.9. The van der Waals surface area contributed by atoms with E-state index < -0.39 is 0 Å². The van der Waals surface area contributed by atoms with Crippen LogP contribution in [0.4, 0.5) is 0 Å². The Morgan fingerprint density at radius 3 is 1.43 bits per heavy atom. The average molecular weight is 110 g/mol. The van der Waals surface area contributed by atoms with E-state index >= 15 is 0 Å². The molecule has 0 atom stereocenters. The Hall–Kier alpha value is 1.00. The molecule has 0 aliphatic heterocycles. The molecule has 0 aromatic heterocycles. The molecule has 0 spiro atoms. The molecule has 0 aromatic rings. The van der Waals surface area contributed by atoms with E-state index in [0.29, 0.717) is 0 Å². The molecule has 0 unspecified atom stereocenters. The molecule has 0 nitrogen and oxygen atoms in total. The molecule has 0 rings (SSSR count). The molecular weight excluding hydrogens is 95.1 g/mol. The predicted octanol–water partition coefficient (Wildman–Crippen LogP) is -0.297. The van der Waals surface area contributed by atoms with Gasteiger partial charge in [0.05, 0.1) is 0 Å². The minimum Gasteiger partial charge on any atom is -1.00 e. The second-order valence-electron chi connectivity index (χ2n) is 1.71. The Morgan fingerprint density at radius 1 is 1.00 bits per heavy atom. The van der Waals surface area contributed by atoms with Crippen molar-refractivity contribution in [2.45, 2.75) is 39.5 Å². The van der Waals surface area contributed by atoms with Gasteiger partial charge in [0.2, 0.25) is 0 Å². The van der Waals surface area contributed by atoms with E-state index in [1.165, 1.54) is 25.7 Å². The van der Waals surface area contributed by atoms with Gasteiger partial charge < -0.3 is 1.43 Å². The summed E-state index contributed by atoms with van der Waals surface area (Å²) in [7, 11) is 0. The van der Waals surface area contributed by atoms with Crippen LogP contribution >= 0.6 is 0 Å². The minimum absolute atomic E-state index is 0. The van der Waals surface area contributed by atoms with Gasteiger partial charge in [0.15, 0.2) is 0 Å². The molecule has 0 N–H and O–H groups in total. The summed E-state index contributed by atoms with van der Waals surface area (Å²) < 4.78 is 0. The van der Waals surface area contributed by atoms with Gasteiger partial charge in [-0.25, -0.2) is 0 Å². The molecule has 0 aromatic carbocycles. The van der Waals surface area contributed by atoms with Crippen LogP contribution in [0.1, 0.15) is 41.0 Å². The third-order valence-electron chi connectivity index (χ3n) is 0.957. The van der Waals surface area contributed by atoms with Crippen molar-refractivity contribution in [1.82, 2.24) is 0 Å². The van der Waals surface area contributed by atoms with Crippen LogP contribution in [0.3, 0.4) is 0 Å². The van der Waals surface area contributed by atoms with Crippen molar-refractivity contribution >= 4 is 0 Å². The van der Waals surface area contributed by atoms with Gasteiger partial charge in [-0.05, 0) is 0 Å². The first-order chi connectivity index (χ1) is 2.91. The van der Waals surface area contributed by atoms with Gasteiger partial charge in [-0.3, -0.25) is 0 Å². The SMILES string of the molecule is CCCCCC.[H-].[Na+]. The summed E-state index contributed by atoms with van der Waals surface area (Å²) in [5.41, 5.74) is 0. The van der Waals surface area contributed by atoms with Gasteiger partial charge in [-0.1, -0.05) is 39.5 Å². The van der Waals surface area contributed by atoms with Crippen molar-refractivity contribution in [3.8, 4) is 0 Å². The molecule has 0 heterocycles. The van der Waals surface area contributed by atoms with Gasteiger partial charge in [0.25, 0.3) is 0 Å². The molecule has 0 radical (unpaired) electrons. The Kier molecular flexibility index (Phi) is 15.7. The Balaban J connectivity index is -0.000000125. The van der Waals surface area contributed by atoms with Crippen molar-refractivity contribution in [3.05, 3.63) is 0 Å². The summed E-state index contributed by atoms with van der Waals surface area (Å²) in [6.45, 7) is 4.46. The fraction of sp³-hybridized carbons (Fsp3) is 1.00. The van der Waals surface area contributed by atoms with E-state index in [4.69, 9.17) is 0 Å². The molecule has 7 heavy (non-hydrogen) atoms. The zero-order valence-electron chi connectivity index (χ0n) is 6.83. The quantitative estimate of drug-likeness (QED) is 0.346. The van der Waals surface area contributed by atoms with E-state index in [1.807, 2.05) is 0 Å². The number of rotatable bonds is 3. The normalized spacial score (nSPS) is 7.71. The van der Waals surface area contributed by atoms with Crippen molar-refractivity contribution in [2.24, 2.45) is 0 Å². The van der Waals surface area contributed by atoms with Crippen LogP contribution in [0.5, 0.6) is 0 Å². The summed E-state index contributed by atoms with van der Waals surface area (Å²) in [5.74, 6) is 0. The predicted molar refractivity (Wildman–Crippen MR) is 30.9 cm³/mol. The number of hydrogen-bond acceptors (Lipinski definition) is 0. The summed E-state index contributed by atoms with van der Waals surface area (Å²) in [6, 6.07) is 0. The maximum atomic E-state index is 2.23. The molecular formula is C6H15Na. The summed E-state index contributed by atoms with van der Waals surface area (Å²) in [5, 5.41) is 0. The van der Waals surface area contributed by atoms with Crippen molar-refractivity contribution < 1.29 is 31.0 Å². The largest absolute Gasteiger partial charge is 1.00 e. The van der Waals surface area contributed by atoms with Crippen LogP contribution in [-0.2, 0) is 0 Å². The zero-order valence-corrected chi connectivity index (χ0v) is 7.83. The maximum absolute atomic E-state index is 2.23. The van der Waals surface area contributed by atoms with Crippen molar-refractivity contribution in [1.29, 1.82) is 0 Å². The first-order valence-electron chi connectivity index (χ1n) is 2.91. The van der Waals surface area contributed by atoms with Gasteiger partial charge in [-0.2, -0.15) is 0 Å². The van der Waals surface area contributed by atoms with Crippen molar-refractivity contribution in [3.63, 3.8) is 0 Å². The molecule has 0 fully saturated rings. The average Bonchev–Trinajstić information content (AvgIpc) is 1.61. The molecule has 0 aliphatic rings. The minimum atomic E-state index is 0. The van der Waals surface area contributed by atoms with E-state index in [1.54, 1.807) is 0 Å². The van der Waals surface area contributed by atoms with E-state index in [-0.39, 0.29) is 31.0 Å². The molecule has 0 aliphatic carbocycles. The monoisotopic (exact) mass is 110 g/mol. The van der Waals surface area contributed by atoms with Gasteiger partial charge >= 0.3 is 29.6 Å². The summed E-state index contributed by atoms with van der Waals surface area (Å²) in [6.07, 6.45) is 5.54. The van der Waals surface area contributed by atoms with E-state index in [2.05, 4.69) is 13.8 Å². The molecule has 40 valence electrons. The Labute approximate surface area is 70.5 Å². The second kappa shape index (κ2) is 10.1. The number of unbranched alkanes of at least 4 members (excludes halogenated alkanes) is 3. The molecule has 1 heteroatoms. The van der Waals surface area contributed by atoms with Gasteiger partial charge in [0, 0.05) is 0 Å². The second-order valence-corrected chi connectivity index (χ2v) is 1.71. The summed E-state index contributed by atoms with van der Waals surface area (Å²) >= 11 is 0. The standard InChI is InChI=1S/C6H14.Na.H/c1-3-5-6-4-2;;/h3-6H2,1-2H3;;/q;+1;-1. The smallest absolute Gasteiger partial charge is 1.00 e. The van der Waals surface area contributed by atoms with Crippen LogP contribution < -0.4 is 29.6 Å². The fourth-order valence-corrected chi connectivity index (χ4v) is 0.500. The van der Waals surface area contributed by atoms with E-state index in [9.17, 15) is 0 Å². The molecule has 0 saturated carbocycles. The topological polar surface area (TPSA) is 0 Å². The van der Waals surface area contributed by atoms with Crippen LogP contribution in [-0.4, -0.2) is 0 Å². The van der Waals surface area contributed by atoms with Crippen molar-refractivity contribution in [2.75, 3.05) is 0 Å². The third-order valence-corrected chi connectivity index (χ3v) is 0.957. The van der Waals surface area contributed by atoms with Crippen LogP contribution in [0.25, 0.3) is 0 Å². The molecule has 0 amide bonds. The maximum Gasteiger partial charge on any atom is 1.00 e. The fourth-order valence-electron chi connectivity index (χ4n) is 0.500.